The number of amides is 1. The van der Waals surface area contributed by atoms with E-state index < -0.39 is 0 Å². The lowest BCUT2D eigenvalue weighted by Crippen LogP contribution is -2.28. The summed E-state index contributed by atoms with van der Waals surface area (Å²) in [7, 11) is 0. The minimum absolute atomic E-state index is 0.0403. The van der Waals surface area contributed by atoms with Crippen molar-refractivity contribution >= 4 is 11.4 Å². The molecule has 0 radical (unpaired) electrons. The van der Waals surface area contributed by atoms with E-state index in [2.05, 4.69) is 10.4 Å². The van der Waals surface area contributed by atoms with E-state index in [1.165, 1.54) is 0 Å². The average molecular weight is 325 g/mol. The molecule has 24 heavy (non-hydrogen) atoms. The van der Waals surface area contributed by atoms with Crippen molar-refractivity contribution in [3.05, 3.63) is 60.4 Å². The maximum Gasteiger partial charge on any atom is 0.258 e. The van der Waals surface area contributed by atoms with Gasteiger partial charge in [0.1, 0.15) is 11.5 Å². The third kappa shape index (κ3) is 4.04. The smallest absolute Gasteiger partial charge is 0.258 e. The number of nitrogens with one attached hydrogen (secondary N) is 1. The topological polar surface area (TPSA) is 64.9 Å². The molecule has 6 nitrogen and oxygen atoms in total. The summed E-state index contributed by atoms with van der Waals surface area (Å²) in [5, 5.41) is 7.17. The van der Waals surface area contributed by atoms with E-state index in [4.69, 9.17) is 9.47 Å². The van der Waals surface area contributed by atoms with Crippen LogP contribution in [-0.2, 0) is 11.3 Å². The van der Waals surface area contributed by atoms with E-state index in [-0.39, 0.29) is 12.5 Å². The highest BCUT2D eigenvalue weighted by atomic mass is 16.5. The average Bonchev–Trinajstić information content (AvgIpc) is 3.02. The van der Waals surface area contributed by atoms with Crippen LogP contribution in [0.5, 0.6) is 11.5 Å². The van der Waals surface area contributed by atoms with Crippen molar-refractivity contribution in [3.8, 4) is 11.5 Å². The van der Waals surface area contributed by atoms with Crippen LogP contribution < -0.4 is 14.8 Å². The largest absolute Gasteiger partial charge is 0.494 e. The Morgan fingerprint density at radius 3 is 2.58 bits per heavy atom. The number of benzene rings is 1. The second kappa shape index (κ2) is 7.50. The number of pyridine rings is 1. The van der Waals surface area contributed by atoms with Crippen molar-refractivity contribution in [1.29, 1.82) is 0 Å². The Bertz CT molecular complexity index is 779. The van der Waals surface area contributed by atoms with E-state index in [0.717, 1.165) is 17.0 Å². The van der Waals surface area contributed by atoms with Gasteiger partial charge in [-0.15, -0.1) is 0 Å². The van der Waals surface area contributed by atoms with Gasteiger partial charge < -0.3 is 14.8 Å². The number of ether oxygens (including phenoxy) is 2. The summed E-state index contributed by atoms with van der Waals surface area (Å²) in [6.07, 6.45) is 1.87. The highest BCUT2D eigenvalue weighted by molar-refractivity contribution is 5.77. The lowest BCUT2D eigenvalue weighted by molar-refractivity contribution is -0.123. The molecule has 6 heteroatoms. The van der Waals surface area contributed by atoms with E-state index >= 15 is 0 Å². The standard InChI is InChI=1S/C18H19N3O3/c1-2-23-16-6-8-17(9-7-16)24-13-18(22)19-12-14-11-15-5-3-4-10-21(15)20-14/h3-11H,2,12-13H2,1H3,(H,19,22). The van der Waals surface area contributed by atoms with Crippen LogP contribution in [0.4, 0.5) is 0 Å². The van der Waals surface area contributed by atoms with Gasteiger partial charge >= 0.3 is 0 Å². The molecular weight excluding hydrogens is 306 g/mol. The Labute approximate surface area is 140 Å². The fraction of sp³-hybridized carbons (Fsp3) is 0.222. The van der Waals surface area contributed by atoms with Crippen molar-refractivity contribution in [3.63, 3.8) is 0 Å². The minimum atomic E-state index is -0.194. The molecule has 0 aliphatic rings. The molecule has 0 atom stereocenters. The van der Waals surface area contributed by atoms with E-state index in [0.29, 0.717) is 18.9 Å². The molecule has 1 amide bonds. The molecule has 0 unspecified atom stereocenters. The van der Waals surface area contributed by atoms with Crippen molar-refractivity contribution in [1.82, 2.24) is 14.9 Å². The predicted octanol–water partition coefficient (Wildman–Crippen LogP) is 2.43. The lowest BCUT2D eigenvalue weighted by atomic mass is 10.3. The molecule has 0 fully saturated rings. The summed E-state index contributed by atoms with van der Waals surface area (Å²) in [6, 6.07) is 14.9. The van der Waals surface area contributed by atoms with E-state index in [1.807, 2.05) is 49.5 Å². The minimum Gasteiger partial charge on any atom is -0.494 e. The van der Waals surface area contributed by atoms with Gasteiger partial charge in [-0.1, -0.05) is 6.07 Å². The SMILES string of the molecule is CCOc1ccc(OCC(=O)NCc2cc3ccccn3n2)cc1. The number of hydrogen-bond donors (Lipinski definition) is 1. The molecule has 0 spiro atoms. The molecule has 124 valence electrons. The molecule has 2 heterocycles. The van der Waals surface area contributed by atoms with E-state index in [1.54, 1.807) is 16.6 Å². The van der Waals surface area contributed by atoms with Gasteiger partial charge in [0.2, 0.25) is 0 Å². The normalized spacial score (nSPS) is 10.5. The molecule has 0 saturated carbocycles. The van der Waals surface area contributed by atoms with Crippen molar-refractivity contribution in [2.24, 2.45) is 0 Å². The Morgan fingerprint density at radius 2 is 1.88 bits per heavy atom. The molecule has 0 bridgehead atoms. The monoisotopic (exact) mass is 325 g/mol. The second-order valence-corrected chi connectivity index (χ2v) is 5.18. The zero-order valence-electron chi connectivity index (χ0n) is 13.4. The summed E-state index contributed by atoms with van der Waals surface area (Å²) in [5.74, 6) is 1.21. The zero-order valence-corrected chi connectivity index (χ0v) is 13.4. The molecule has 0 saturated heterocycles. The number of carbonyl (C=O) groups excluding carboxylic acids is 1. The van der Waals surface area contributed by atoms with Gasteiger partial charge in [0.15, 0.2) is 6.61 Å². The van der Waals surface area contributed by atoms with Crippen LogP contribution in [0.1, 0.15) is 12.6 Å². The number of fused-ring (bicyclic) bond motifs is 1. The fourth-order valence-corrected chi connectivity index (χ4v) is 2.27. The molecule has 0 aliphatic carbocycles. The molecule has 3 rings (SSSR count). The first-order valence-corrected chi connectivity index (χ1v) is 7.80. The first-order valence-electron chi connectivity index (χ1n) is 7.80. The number of rotatable bonds is 7. The lowest BCUT2D eigenvalue weighted by Gasteiger charge is -2.08. The summed E-state index contributed by atoms with van der Waals surface area (Å²) in [6.45, 7) is 2.87. The number of hydrogen-bond acceptors (Lipinski definition) is 4. The zero-order chi connectivity index (χ0) is 16.8. The maximum absolute atomic E-state index is 11.9. The Kier molecular flexibility index (Phi) is 4.96. The van der Waals surface area contributed by atoms with Crippen LogP contribution in [0, 0.1) is 0 Å². The molecule has 1 N–H and O–H groups in total. The van der Waals surface area contributed by atoms with Crippen molar-refractivity contribution < 1.29 is 14.3 Å². The highest BCUT2D eigenvalue weighted by Gasteiger charge is 2.06. The van der Waals surface area contributed by atoms with Crippen LogP contribution in [0.2, 0.25) is 0 Å². The van der Waals surface area contributed by atoms with Gasteiger partial charge in [0.05, 0.1) is 24.4 Å². The predicted molar refractivity (Wildman–Crippen MR) is 90.1 cm³/mol. The molecule has 3 aromatic rings. The van der Waals surface area contributed by atoms with Crippen molar-refractivity contribution in [2.75, 3.05) is 13.2 Å². The van der Waals surface area contributed by atoms with Crippen LogP contribution in [0.15, 0.2) is 54.7 Å². The maximum atomic E-state index is 11.9. The van der Waals surface area contributed by atoms with Gasteiger partial charge in [0.25, 0.3) is 5.91 Å². The van der Waals surface area contributed by atoms with Gasteiger partial charge in [-0.2, -0.15) is 5.10 Å². The van der Waals surface area contributed by atoms with Crippen LogP contribution in [0.3, 0.4) is 0 Å². The van der Waals surface area contributed by atoms with Crippen molar-refractivity contribution in [2.45, 2.75) is 13.5 Å². The molecule has 2 aromatic heterocycles. The van der Waals surface area contributed by atoms with Gasteiger partial charge in [0, 0.05) is 6.20 Å². The van der Waals surface area contributed by atoms with Crippen LogP contribution in [0.25, 0.3) is 5.52 Å². The number of carbonyl (C=O) groups is 1. The Balaban J connectivity index is 1.47. The molecular formula is C18H19N3O3. The van der Waals surface area contributed by atoms with Gasteiger partial charge in [-0.25, -0.2) is 4.52 Å². The Morgan fingerprint density at radius 1 is 1.12 bits per heavy atom. The molecule has 1 aromatic carbocycles. The third-order valence-corrected chi connectivity index (χ3v) is 3.39. The summed E-state index contributed by atoms with van der Waals surface area (Å²) >= 11 is 0. The second-order valence-electron chi connectivity index (χ2n) is 5.18. The summed E-state index contributed by atoms with van der Waals surface area (Å²) in [4.78, 5) is 11.9. The summed E-state index contributed by atoms with van der Waals surface area (Å²) < 4.78 is 12.6. The Hall–Kier alpha value is -3.02. The highest BCUT2D eigenvalue weighted by Crippen LogP contribution is 2.17. The molecule has 0 aliphatic heterocycles. The van der Waals surface area contributed by atoms with Crippen LogP contribution in [-0.4, -0.2) is 28.7 Å². The van der Waals surface area contributed by atoms with Gasteiger partial charge in [-0.3, -0.25) is 4.79 Å². The fourth-order valence-electron chi connectivity index (χ4n) is 2.27. The van der Waals surface area contributed by atoms with Gasteiger partial charge in [-0.05, 0) is 49.4 Å². The number of aromatic nitrogens is 2. The number of nitrogens with zero attached hydrogens (tertiary/aromatic N) is 2. The summed E-state index contributed by atoms with van der Waals surface area (Å²) in [5.41, 5.74) is 1.79. The first kappa shape index (κ1) is 15.9. The quantitative estimate of drug-likeness (QED) is 0.724. The van der Waals surface area contributed by atoms with E-state index in [9.17, 15) is 4.79 Å². The first-order chi connectivity index (χ1) is 11.7. The third-order valence-electron chi connectivity index (χ3n) is 3.39. The van der Waals surface area contributed by atoms with Crippen LogP contribution >= 0.6 is 0 Å².